The average molecular weight is 606 g/mol. The highest BCUT2D eigenvalue weighted by molar-refractivity contribution is 14.1. The van der Waals surface area contributed by atoms with Gasteiger partial charge in [0.05, 0.1) is 19.1 Å². The van der Waals surface area contributed by atoms with Crippen molar-refractivity contribution >= 4 is 69.1 Å². The van der Waals surface area contributed by atoms with E-state index in [9.17, 15) is 4.79 Å². The monoisotopic (exact) mass is 606 g/mol. The zero-order valence-electron chi connectivity index (χ0n) is 14.6. The van der Waals surface area contributed by atoms with Gasteiger partial charge in [0, 0.05) is 11.4 Å². The fourth-order valence-electron chi connectivity index (χ4n) is 2.01. The van der Waals surface area contributed by atoms with E-state index >= 15 is 0 Å². The summed E-state index contributed by atoms with van der Waals surface area (Å²) < 4.78 is 7.37. The Hall–Kier alpha value is -1.39. The van der Waals surface area contributed by atoms with E-state index in [0.29, 0.717) is 5.16 Å². The Kier molecular flexibility index (Phi) is 8.78. The maximum absolute atomic E-state index is 11.9. The Morgan fingerprint density at radius 2 is 1.93 bits per heavy atom. The lowest BCUT2D eigenvalue weighted by Gasteiger charge is -2.08. The van der Waals surface area contributed by atoms with Gasteiger partial charge < -0.3 is 4.74 Å². The molecule has 1 aromatic carbocycles. The van der Waals surface area contributed by atoms with Crippen LogP contribution in [0.3, 0.4) is 0 Å². The smallest absolute Gasteiger partial charge is 0.250 e. The molecule has 0 bridgehead atoms. The molecular formula is C18H16I2N4O2S. The molecule has 2 aromatic rings. The quantitative estimate of drug-likeness (QED) is 0.130. The number of terminal acetylenes is 1. The number of carbonyl (C=O) groups is 1. The second-order valence-corrected chi connectivity index (χ2v) is 8.59. The summed E-state index contributed by atoms with van der Waals surface area (Å²) in [6.45, 7) is 4.01. The predicted octanol–water partition coefficient (Wildman–Crippen LogP) is 3.56. The Morgan fingerprint density at radius 3 is 2.52 bits per heavy atom. The number of ether oxygens (including phenoxy) is 1. The van der Waals surface area contributed by atoms with Crippen molar-refractivity contribution in [1.29, 1.82) is 0 Å². The predicted molar refractivity (Wildman–Crippen MR) is 124 cm³/mol. The summed E-state index contributed by atoms with van der Waals surface area (Å²) in [5.74, 6) is 3.16. The molecule has 6 nitrogen and oxygen atoms in total. The molecule has 0 aliphatic rings. The third-order valence-corrected chi connectivity index (χ3v) is 5.47. The molecule has 1 heterocycles. The van der Waals surface area contributed by atoms with Gasteiger partial charge in [-0.2, -0.15) is 5.10 Å². The van der Waals surface area contributed by atoms with Crippen molar-refractivity contribution in [3.63, 3.8) is 0 Å². The van der Waals surface area contributed by atoms with Crippen molar-refractivity contribution in [2.45, 2.75) is 19.0 Å². The third-order valence-electron chi connectivity index (χ3n) is 3.02. The first-order valence-corrected chi connectivity index (χ1v) is 10.9. The summed E-state index contributed by atoms with van der Waals surface area (Å²) in [5.41, 5.74) is 5.11. The van der Waals surface area contributed by atoms with Crippen LogP contribution in [0.5, 0.6) is 5.75 Å². The SMILES string of the molecule is C#CCOc1c(I)cc(/C=N\NC(=O)CSc2nc(C)cc(C)n2)cc1I. The number of hydrogen-bond donors (Lipinski definition) is 1. The lowest BCUT2D eigenvalue weighted by Crippen LogP contribution is -2.19. The molecule has 0 fully saturated rings. The first kappa shape index (κ1) is 21.9. The molecule has 0 saturated carbocycles. The van der Waals surface area contributed by atoms with Gasteiger partial charge >= 0.3 is 0 Å². The molecule has 1 aromatic heterocycles. The number of benzene rings is 1. The molecular weight excluding hydrogens is 590 g/mol. The van der Waals surface area contributed by atoms with E-state index in [2.05, 4.69) is 71.6 Å². The van der Waals surface area contributed by atoms with Crippen LogP contribution in [0.1, 0.15) is 17.0 Å². The lowest BCUT2D eigenvalue weighted by atomic mass is 10.2. The van der Waals surface area contributed by atoms with E-state index in [1.165, 1.54) is 11.8 Å². The van der Waals surface area contributed by atoms with Gasteiger partial charge in [-0.25, -0.2) is 15.4 Å². The number of thioether (sulfide) groups is 1. The maximum atomic E-state index is 11.9. The van der Waals surface area contributed by atoms with Crippen LogP contribution in [-0.4, -0.2) is 34.4 Å². The highest BCUT2D eigenvalue weighted by Gasteiger charge is 2.08. The van der Waals surface area contributed by atoms with Crippen LogP contribution in [0.2, 0.25) is 0 Å². The molecule has 140 valence electrons. The minimum atomic E-state index is -0.225. The number of aryl methyl sites for hydroxylation is 2. The van der Waals surface area contributed by atoms with Gasteiger partial charge in [0.1, 0.15) is 12.4 Å². The van der Waals surface area contributed by atoms with E-state index in [1.807, 2.05) is 32.0 Å². The number of rotatable bonds is 7. The molecule has 0 atom stereocenters. The van der Waals surface area contributed by atoms with Crippen LogP contribution < -0.4 is 10.2 Å². The van der Waals surface area contributed by atoms with Gasteiger partial charge in [-0.3, -0.25) is 4.79 Å². The number of hydrazone groups is 1. The minimum Gasteiger partial charge on any atom is -0.479 e. The van der Waals surface area contributed by atoms with Crippen LogP contribution in [0.4, 0.5) is 0 Å². The molecule has 1 N–H and O–H groups in total. The highest BCUT2D eigenvalue weighted by atomic mass is 127. The Bertz CT molecular complexity index is 869. The molecule has 27 heavy (non-hydrogen) atoms. The van der Waals surface area contributed by atoms with E-state index in [-0.39, 0.29) is 18.3 Å². The Labute approximate surface area is 189 Å². The summed E-state index contributed by atoms with van der Waals surface area (Å²) in [6.07, 6.45) is 6.81. The number of nitrogens with zero attached hydrogens (tertiary/aromatic N) is 3. The van der Waals surface area contributed by atoms with Crippen LogP contribution in [0.25, 0.3) is 0 Å². The first-order chi connectivity index (χ1) is 12.9. The van der Waals surface area contributed by atoms with Crippen molar-refractivity contribution in [3.8, 4) is 18.1 Å². The Morgan fingerprint density at radius 1 is 1.30 bits per heavy atom. The van der Waals surface area contributed by atoms with Gasteiger partial charge in [-0.05, 0) is 82.8 Å². The molecule has 0 spiro atoms. The molecule has 0 unspecified atom stereocenters. The van der Waals surface area contributed by atoms with Crippen molar-refractivity contribution in [3.05, 3.63) is 42.3 Å². The van der Waals surface area contributed by atoms with Crippen molar-refractivity contribution < 1.29 is 9.53 Å². The Balaban J connectivity index is 1.91. The van der Waals surface area contributed by atoms with E-state index in [1.54, 1.807) is 6.21 Å². The highest BCUT2D eigenvalue weighted by Crippen LogP contribution is 2.28. The molecule has 0 radical (unpaired) electrons. The van der Waals surface area contributed by atoms with E-state index in [4.69, 9.17) is 11.2 Å². The summed E-state index contributed by atoms with van der Waals surface area (Å²) in [4.78, 5) is 20.5. The number of carbonyl (C=O) groups excluding carboxylic acids is 1. The van der Waals surface area contributed by atoms with Crippen molar-refractivity contribution in [2.75, 3.05) is 12.4 Å². The van der Waals surface area contributed by atoms with Gasteiger partial charge in [0.2, 0.25) is 0 Å². The third kappa shape index (κ3) is 7.27. The number of aromatic nitrogens is 2. The van der Waals surface area contributed by atoms with Gasteiger partial charge in [0.25, 0.3) is 5.91 Å². The van der Waals surface area contributed by atoms with Crippen LogP contribution in [-0.2, 0) is 4.79 Å². The molecule has 9 heteroatoms. The fourth-order valence-corrected chi connectivity index (χ4v) is 4.87. The van der Waals surface area contributed by atoms with E-state index < -0.39 is 0 Å². The number of hydrogen-bond acceptors (Lipinski definition) is 6. The van der Waals surface area contributed by atoms with Gasteiger partial charge in [-0.15, -0.1) is 6.42 Å². The van der Waals surface area contributed by atoms with Gasteiger partial charge in [-0.1, -0.05) is 17.7 Å². The molecule has 0 saturated heterocycles. The largest absolute Gasteiger partial charge is 0.479 e. The molecule has 0 aliphatic carbocycles. The lowest BCUT2D eigenvalue weighted by molar-refractivity contribution is -0.118. The fraction of sp³-hybridized carbons (Fsp3) is 0.222. The maximum Gasteiger partial charge on any atom is 0.250 e. The van der Waals surface area contributed by atoms with Crippen LogP contribution in [0.15, 0.2) is 28.5 Å². The van der Waals surface area contributed by atoms with Gasteiger partial charge in [0.15, 0.2) is 5.16 Å². The summed E-state index contributed by atoms with van der Waals surface area (Å²) in [7, 11) is 0. The summed E-state index contributed by atoms with van der Waals surface area (Å²) in [6, 6.07) is 5.70. The number of amides is 1. The normalized spacial score (nSPS) is 10.6. The standard InChI is InChI=1S/C18H16I2N4O2S/c1-4-5-26-17-14(19)7-13(8-15(17)20)9-21-24-16(25)10-27-18-22-11(2)6-12(3)23-18/h1,6-9H,5,10H2,2-3H3,(H,24,25)/b21-9-. The van der Waals surface area contributed by atoms with Crippen LogP contribution >= 0.6 is 56.9 Å². The van der Waals surface area contributed by atoms with Crippen molar-refractivity contribution in [1.82, 2.24) is 15.4 Å². The minimum absolute atomic E-state index is 0.189. The second-order valence-electron chi connectivity index (χ2n) is 5.32. The van der Waals surface area contributed by atoms with Crippen LogP contribution in [0, 0.1) is 33.3 Å². The molecule has 0 aliphatic heterocycles. The topological polar surface area (TPSA) is 76.5 Å². The average Bonchev–Trinajstić information content (AvgIpc) is 2.58. The van der Waals surface area contributed by atoms with E-state index in [0.717, 1.165) is 29.8 Å². The zero-order chi connectivity index (χ0) is 19.8. The molecule has 1 amide bonds. The summed E-state index contributed by atoms with van der Waals surface area (Å²) in [5, 5.41) is 4.59. The molecule has 2 rings (SSSR count). The second kappa shape index (κ2) is 10.8. The number of halogens is 2. The summed E-state index contributed by atoms with van der Waals surface area (Å²) >= 11 is 5.63. The first-order valence-electron chi connectivity index (χ1n) is 7.71. The van der Waals surface area contributed by atoms with Crippen molar-refractivity contribution in [2.24, 2.45) is 5.10 Å². The zero-order valence-corrected chi connectivity index (χ0v) is 19.8. The number of nitrogens with one attached hydrogen (secondary N) is 1.